The minimum atomic E-state index is -0.630. The summed E-state index contributed by atoms with van der Waals surface area (Å²) in [7, 11) is 0. The predicted octanol–water partition coefficient (Wildman–Crippen LogP) is 4.61. The summed E-state index contributed by atoms with van der Waals surface area (Å²) < 4.78 is 5.49. The molecule has 1 aliphatic carbocycles. The van der Waals surface area contributed by atoms with Crippen LogP contribution in [-0.4, -0.2) is 15.9 Å². The second kappa shape index (κ2) is 7.68. The van der Waals surface area contributed by atoms with Crippen LogP contribution in [0.2, 0.25) is 5.02 Å². The Kier molecular flexibility index (Phi) is 5.25. The van der Waals surface area contributed by atoms with Gasteiger partial charge in [-0.3, -0.25) is 9.59 Å². The van der Waals surface area contributed by atoms with Crippen LogP contribution in [0.15, 0.2) is 29.1 Å². The summed E-state index contributed by atoms with van der Waals surface area (Å²) in [6.45, 7) is 3.96. The molecule has 0 saturated heterocycles. The Bertz CT molecular complexity index is 1090. The summed E-state index contributed by atoms with van der Waals surface area (Å²) in [5.74, 6) is 0.636. The number of aromatic amines is 1. The number of rotatable bonds is 4. The molecule has 0 amide bonds. The Balaban J connectivity index is 1.54. The topological polar surface area (TPSA) is 72.0 Å². The normalized spacial score (nSPS) is 17.3. The average Bonchev–Trinajstić information content (AvgIpc) is 3.01. The Morgan fingerprint density at radius 1 is 1.39 bits per heavy atom. The quantitative estimate of drug-likeness (QED) is 0.630. The number of esters is 1. The van der Waals surface area contributed by atoms with E-state index in [1.54, 1.807) is 42.5 Å². The molecule has 146 valence electrons. The number of thiophene rings is 1. The summed E-state index contributed by atoms with van der Waals surface area (Å²) >= 11 is 7.45. The van der Waals surface area contributed by atoms with Crippen LogP contribution in [0.25, 0.3) is 10.2 Å². The Labute approximate surface area is 171 Å². The molecule has 0 radical (unpaired) electrons. The van der Waals surface area contributed by atoms with E-state index < -0.39 is 6.10 Å². The molecular weight excluding hydrogens is 396 g/mol. The van der Waals surface area contributed by atoms with Gasteiger partial charge >= 0.3 is 5.97 Å². The summed E-state index contributed by atoms with van der Waals surface area (Å²) in [6.07, 6.45) is 2.52. The van der Waals surface area contributed by atoms with E-state index in [4.69, 9.17) is 16.3 Å². The number of carbonyl (C=O) groups excluding carboxylic acids is 1. The van der Waals surface area contributed by atoms with Crippen molar-refractivity contribution in [1.82, 2.24) is 9.97 Å². The van der Waals surface area contributed by atoms with Crippen LogP contribution < -0.4 is 5.56 Å². The smallest absolute Gasteiger partial charge is 0.310 e. The standard InChI is InChI=1S/C21H21ClN2O3S/c1-11-3-8-15-16(9-11)28-21-18(15)20(26)23-19(24-21)12(2)27-17(25)10-13-4-6-14(22)7-5-13/h4-7,11-12H,3,8-10H2,1-2H3,(H,23,24,26)/t11-,12-/m1/s1. The molecule has 0 spiro atoms. The number of fused-ring (bicyclic) bond motifs is 3. The molecular formula is C21H21ClN2O3S. The third-order valence-electron chi connectivity index (χ3n) is 5.14. The molecule has 1 aliphatic rings. The largest absolute Gasteiger partial charge is 0.454 e. The van der Waals surface area contributed by atoms with Crippen LogP contribution in [-0.2, 0) is 28.8 Å². The monoisotopic (exact) mass is 416 g/mol. The number of nitrogens with one attached hydrogen (secondary N) is 1. The minimum Gasteiger partial charge on any atom is -0.454 e. The molecule has 0 aliphatic heterocycles. The van der Waals surface area contributed by atoms with Crippen molar-refractivity contribution in [1.29, 1.82) is 0 Å². The van der Waals surface area contributed by atoms with E-state index in [1.807, 2.05) is 0 Å². The maximum absolute atomic E-state index is 12.7. The number of hydrogen-bond donors (Lipinski definition) is 1. The van der Waals surface area contributed by atoms with E-state index in [1.165, 1.54) is 4.88 Å². The molecule has 2 atom stereocenters. The lowest BCUT2D eigenvalue weighted by atomic mass is 9.89. The molecule has 0 fully saturated rings. The summed E-state index contributed by atoms with van der Waals surface area (Å²) in [5.41, 5.74) is 1.82. The number of halogens is 1. The van der Waals surface area contributed by atoms with E-state index in [2.05, 4.69) is 16.9 Å². The van der Waals surface area contributed by atoms with Gasteiger partial charge in [0.05, 0.1) is 11.8 Å². The molecule has 2 heterocycles. The van der Waals surface area contributed by atoms with Gasteiger partial charge in [0.25, 0.3) is 5.56 Å². The number of nitrogens with zero attached hydrogens (tertiary/aromatic N) is 1. The molecule has 0 saturated carbocycles. The van der Waals surface area contributed by atoms with Crippen molar-refractivity contribution in [3.63, 3.8) is 0 Å². The first-order valence-electron chi connectivity index (χ1n) is 9.39. The molecule has 0 unspecified atom stereocenters. The van der Waals surface area contributed by atoms with E-state index >= 15 is 0 Å². The summed E-state index contributed by atoms with van der Waals surface area (Å²) in [5, 5.41) is 1.32. The number of carbonyl (C=O) groups is 1. The lowest BCUT2D eigenvalue weighted by molar-refractivity contribution is -0.148. The SMILES string of the molecule is C[C@@H]1CCc2c(sc3nc([C@@H](C)OC(=O)Cc4ccc(Cl)cc4)[nH]c(=O)c23)C1. The van der Waals surface area contributed by atoms with Gasteiger partial charge in [-0.05, 0) is 55.4 Å². The maximum atomic E-state index is 12.7. The third-order valence-corrected chi connectivity index (χ3v) is 6.54. The highest BCUT2D eigenvalue weighted by atomic mass is 35.5. The molecule has 3 aromatic rings. The lowest BCUT2D eigenvalue weighted by Crippen LogP contribution is -2.18. The van der Waals surface area contributed by atoms with Crippen molar-refractivity contribution in [2.24, 2.45) is 5.92 Å². The maximum Gasteiger partial charge on any atom is 0.310 e. The molecule has 4 rings (SSSR count). The van der Waals surface area contributed by atoms with Crippen molar-refractivity contribution < 1.29 is 9.53 Å². The zero-order valence-electron chi connectivity index (χ0n) is 15.8. The number of aryl methyl sites for hydroxylation is 1. The molecule has 7 heteroatoms. The fourth-order valence-electron chi connectivity index (χ4n) is 3.62. The number of ether oxygens (including phenoxy) is 1. The average molecular weight is 417 g/mol. The Morgan fingerprint density at radius 2 is 2.14 bits per heavy atom. The highest BCUT2D eigenvalue weighted by Gasteiger charge is 2.24. The second-order valence-corrected chi connectivity index (χ2v) is 8.94. The Hall–Kier alpha value is -2.18. The molecule has 5 nitrogen and oxygen atoms in total. The van der Waals surface area contributed by atoms with E-state index in [0.29, 0.717) is 22.2 Å². The van der Waals surface area contributed by atoms with Gasteiger partial charge in [0.15, 0.2) is 11.9 Å². The lowest BCUT2D eigenvalue weighted by Gasteiger charge is -2.17. The van der Waals surface area contributed by atoms with Gasteiger partial charge in [0, 0.05) is 9.90 Å². The van der Waals surface area contributed by atoms with E-state index in [0.717, 1.165) is 35.2 Å². The predicted molar refractivity (Wildman–Crippen MR) is 111 cm³/mol. The zero-order valence-corrected chi connectivity index (χ0v) is 17.3. The highest BCUT2D eigenvalue weighted by molar-refractivity contribution is 7.18. The molecule has 2 aromatic heterocycles. The van der Waals surface area contributed by atoms with Gasteiger partial charge in [-0.15, -0.1) is 11.3 Å². The van der Waals surface area contributed by atoms with E-state index in [-0.39, 0.29) is 17.9 Å². The highest BCUT2D eigenvalue weighted by Crippen LogP contribution is 2.36. The molecule has 1 N–H and O–H groups in total. The van der Waals surface area contributed by atoms with Gasteiger partial charge in [-0.1, -0.05) is 30.7 Å². The second-order valence-electron chi connectivity index (χ2n) is 7.42. The van der Waals surface area contributed by atoms with Crippen LogP contribution in [0.4, 0.5) is 0 Å². The minimum absolute atomic E-state index is 0.138. The van der Waals surface area contributed by atoms with Crippen LogP contribution >= 0.6 is 22.9 Å². The van der Waals surface area contributed by atoms with Gasteiger partial charge in [0.1, 0.15) is 4.83 Å². The third kappa shape index (κ3) is 3.84. The van der Waals surface area contributed by atoms with Crippen molar-refractivity contribution in [2.45, 2.75) is 45.6 Å². The van der Waals surface area contributed by atoms with Crippen LogP contribution in [0.1, 0.15) is 48.2 Å². The summed E-state index contributed by atoms with van der Waals surface area (Å²) in [6, 6.07) is 7.05. The van der Waals surface area contributed by atoms with Gasteiger partial charge in [-0.2, -0.15) is 0 Å². The van der Waals surface area contributed by atoms with Crippen LogP contribution in [0, 0.1) is 5.92 Å². The summed E-state index contributed by atoms with van der Waals surface area (Å²) in [4.78, 5) is 34.4. The first-order valence-corrected chi connectivity index (χ1v) is 10.6. The van der Waals surface area contributed by atoms with Gasteiger partial charge in [0.2, 0.25) is 0 Å². The Morgan fingerprint density at radius 3 is 2.89 bits per heavy atom. The van der Waals surface area contributed by atoms with Crippen LogP contribution in [0.3, 0.4) is 0 Å². The molecule has 1 aromatic carbocycles. The molecule has 0 bridgehead atoms. The van der Waals surface area contributed by atoms with Crippen molar-refractivity contribution in [3.8, 4) is 0 Å². The van der Waals surface area contributed by atoms with Crippen LogP contribution in [0.5, 0.6) is 0 Å². The van der Waals surface area contributed by atoms with Gasteiger partial charge < -0.3 is 9.72 Å². The van der Waals surface area contributed by atoms with E-state index in [9.17, 15) is 9.59 Å². The van der Waals surface area contributed by atoms with Gasteiger partial charge in [-0.25, -0.2) is 4.98 Å². The number of aromatic nitrogens is 2. The van der Waals surface area contributed by atoms with Crippen molar-refractivity contribution in [3.05, 3.63) is 61.5 Å². The fraction of sp³-hybridized carbons (Fsp3) is 0.381. The number of benzene rings is 1. The molecule has 28 heavy (non-hydrogen) atoms. The number of H-pyrrole nitrogens is 1. The van der Waals surface area contributed by atoms with Crippen molar-refractivity contribution in [2.75, 3.05) is 0 Å². The first kappa shape index (κ1) is 19.2. The number of hydrogen-bond acceptors (Lipinski definition) is 5. The fourth-order valence-corrected chi connectivity index (χ4v) is 5.14. The zero-order chi connectivity index (χ0) is 19.8. The first-order chi connectivity index (χ1) is 13.4. The van der Waals surface area contributed by atoms with Crippen molar-refractivity contribution >= 4 is 39.1 Å².